The molecule has 0 aliphatic carbocycles. The third kappa shape index (κ3) is 11.9. The molecule has 0 amide bonds. The predicted octanol–water partition coefficient (Wildman–Crippen LogP) is 3.72. The molecule has 10 heteroatoms. The van der Waals surface area contributed by atoms with Gasteiger partial charge in [0.1, 0.15) is 0 Å². The zero-order valence-electron chi connectivity index (χ0n) is 18.9. The minimum atomic E-state index is -3.71. The molecule has 0 heterocycles. The number of hydrogen-bond donors (Lipinski definition) is 1. The van der Waals surface area contributed by atoms with Crippen molar-refractivity contribution in [1.29, 1.82) is 0 Å². The number of Topliss-reactive ketones (excluding diaryl/α,β-unsaturated/α-hetero) is 1. The summed E-state index contributed by atoms with van der Waals surface area (Å²) in [5.41, 5.74) is 2.76. The quantitative estimate of drug-likeness (QED) is 0.140. The Morgan fingerprint density at radius 3 is 2.00 bits per heavy atom. The number of rotatable bonds is 19. The molecule has 1 rings (SSSR count). The Morgan fingerprint density at radius 1 is 0.871 bits per heavy atom. The van der Waals surface area contributed by atoms with Crippen molar-refractivity contribution >= 4 is 24.7 Å². The lowest BCUT2D eigenvalue weighted by Gasteiger charge is -2.28. The zero-order chi connectivity index (χ0) is 23.0. The predicted molar refractivity (Wildman–Crippen MR) is 122 cm³/mol. The molecule has 8 nitrogen and oxygen atoms in total. The van der Waals surface area contributed by atoms with Crippen LogP contribution in [0.25, 0.3) is 0 Å². The summed E-state index contributed by atoms with van der Waals surface area (Å²) >= 11 is 0. The molecule has 0 unspecified atom stereocenters. The zero-order valence-corrected chi connectivity index (χ0v) is 20.7. The molecule has 1 N–H and O–H groups in total. The largest absolute Gasteiger partial charge is 0.500 e. The summed E-state index contributed by atoms with van der Waals surface area (Å²) < 4.78 is 46.1. The maximum atomic E-state index is 11.9. The SMILES string of the molecule is CCO[Si](CCCCCCCS(=O)(=O)ONCC(=O)c1ccccc1)(OCC)OCC. The van der Waals surface area contributed by atoms with Gasteiger partial charge < -0.3 is 13.3 Å². The number of ketones is 1. The minimum absolute atomic E-state index is 0.0882. The Bertz CT molecular complexity index is 699. The Labute approximate surface area is 188 Å². The highest BCUT2D eigenvalue weighted by Gasteiger charge is 2.39. The van der Waals surface area contributed by atoms with E-state index >= 15 is 0 Å². The van der Waals surface area contributed by atoms with E-state index in [9.17, 15) is 13.2 Å². The minimum Gasteiger partial charge on any atom is -0.374 e. The smallest absolute Gasteiger partial charge is 0.374 e. The number of unbranched alkanes of at least 4 members (excludes halogenated alkanes) is 4. The van der Waals surface area contributed by atoms with Crippen LogP contribution in [0, 0.1) is 0 Å². The number of benzene rings is 1. The van der Waals surface area contributed by atoms with Gasteiger partial charge in [-0.05, 0) is 33.6 Å². The fourth-order valence-electron chi connectivity index (χ4n) is 3.10. The van der Waals surface area contributed by atoms with Gasteiger partial charge in [0.25, 0.3) is 10.1 Å². The first-order chi connectivity index (χ1) is 14.9. The second-order valence-corrected chi connectivity index (χ2v) is 11.4. The summed E-state index contributed by atoms with van der Waals surface area (Å²) in [6.07, 6.45) is 4.05. The highest BCUT2D eigenvalue weighted by Crippen LogP contribution is 2.20. The van der Waals surface area contributed by atoms with Gasteiger partial charge in [-0.2, -0.15) is 18.2 Å². The molecule has 0 bridgehead atoms. The highest BCUT2D eigenvalue weighted by atomic mass is 32.2. The lowest BCUT2D eigenvalue weighted by atomic mass is 10.1. The van der Waals surface area contributed by atoms with Crippen LogP contribution < -0.4 is 5.48 Å². The number of carbonyl (C=O) groups excluding carboxylic acids is 1. The van der Waals surface area contributed by atoms with E-state index in [1.807, 2.05) is 20.8 Å². The van der Waals surface area contributed by atoms with E-state index < -0.39 is 18.9 Å². The molecule has 31 heavy (non-hydrogen) atoms. The van der Waals surface area contributed by atoms with Crippen LogP contribution in [-0.4, -0.2) is 55.1 Å². The molecule has 0 aliphatic rings. The van der Waals surface area contributed by atoms with Crippen LogP contribution >= 0.6 is 0 Å². The molecular weight excluding hydrogens is 438 g/mol. The van der Waals surface area contributed by atoms with Crippen LogP contribution in [0.2, 0.25) is 6.04 Å². The molecular formula is C21H37NO7SSi. The van der Waals surface area contributed by atoms with Gasteiger partial charge in [-0.3, -0.25) is 4.79 Å². The molecule has 178 valence electrons. The van der Waals surface area contributed by atoms with E-state index in [1.165, 1.54) is 0 Å². The number of carbonyl (C=O) groups is 1. The molecule has 0 fully saturated rings. The third-order valence-corrected chi connectivity index (χ3v) is 8.80. The van der Waals surface area contributed by atoms with Crippen LogP contribution in [-0.2, 0) is 27.7 Å². The lowest BCUT2D eigenvalue weighted by molar-refractivity contribution is 0.0706. The van der Waals surface area contributed by atoms with Gasteiger partial charge in [0, 0.05) is 31.4 Å². The fraction of sp³-hybridized carbons (Fsp3) is 0.667. The first kappa shape index (κ1) is 27.9. The summed E-state index contributed by atoms with van der Waals surface area (Å²) in [5, 5.41) is 0. The lowest BCUT2D eigenvalue weighted by Crippen LogP contribution is -2.45. The van der Waals surface area contributed by atoms with E-state index in [0.29, 0.717) is 31.8 Å². The number of hydroxylamine groups is 1. The molecule has 1 aromatic rings. The van der Waals surface area contributed by atoms with E-state index in [4.69, 9.17) is 17.6 Å². The molecule has 1 aromatic carbocycles. The Morgan fingerprint density at radius 2 is 1.42 bits per heavy atom. The van der Waals surface area contributed by atoms with Crippen molar-refractivity contribution in [2.75, 3.05) is 32.1 Å². The first-order valence-electron chi connectivity index (χ1n) is 11.0. The van der Waals surface area contributed by atoms with Crippen molar-refractivity contribution in [1.82, 2.24) is 5.48 Å². The standard InChI is InChI=1S/C21H37NO7SSi/c1-4-26-31(27-5-2,28-6-3)18-14-9-7-8-13-17-30(24,25)29-22-19-21(23)20-15-11-10-12-16-20/h10-12,15-16,22H,4-9,13-14,17-19H2,1-3H3. The van der Waals surface area contributed by atoms with Crippen LogP contribution in [0.4, 0.5) is 0 Å². The monoisotopic (exact) mass is 475 g/mol. The maximum Gasteiger partial charge on any atom is 0.500 e. The van der Waals surface area contributed by atoms with E-state index in [0.717, 1.165) is 31.7 Å². The van der Waals surface area contributed by atoms with Crippen LogP contribution in [0.5, 0.6) is 0 Å². The number of hydrogen-bond acceptors (Lipinski definition) is 8. The average molecular weight is 476 g/mol. The van der Waals surface area contributed by atoms with Crippen molar-refractivity contribution in [2.45, 2.75) is 58.9 Å². The van der Waals surface area contributed by atoms with Gasteiger partial charge in [-0.15, -0.1) is 0 Å². The van der Waals surface area contributed by atoms with Crippen molar-refractivity contribution < 1.29 is 30.8 Å². The van der Waals surface area contributed by atoms with E-state index in [-0.39, 0.29) is 18.1 Å². The van der Waals surface area contributed by atoms with Crippen molar-refractivity contribution in [3.63, 3.8) is 0 Å². The summed E-state index contributed by atoms with van der Waals surface area (Å²) in [5.74, 6) is -0.323. The topological polar surface area (TPSA) is 100 Å². The van der Waals surface area contributed by atoms with Gasteiger partial charge >= 0.3 is 8.80 Å². The average Bonchev–Trinajstić information content (AvgIpc) is 2.74. The van der Waals surface area contributed by atoms with Crippen LogP contribution in [0.1, 0.15) is 63.2 Å². The summed E-state index contributed by atoms with van der Waals surface area (Å²) in [6, 6.07) is 9.41. The van der Waals surface area contributed by atoms with Gasteiger partial charge in [0.15, 0.2) is 5.78 Å². The third-order valence-electron chi connectivity index (χ3n) is 4.48. The van der Waals surface area contributed by atoms with Gasteiger partial charge in [0.05, 0.1) is 12.3 Å². The molecule has 0 radical (unpaired) electrons. The van der Waals surface area contributed by atoms with E-state index in [2.05, 4.69) is 5.48 Å². The highest BCUT2D eigenvalue weighted by molar-refractivity contribution is 7.86. The second-order valence-electron chi connectivity index (χ2n) is 6.96. The Hall–Kier alpha value is -1.14. The molecule has 0 spiro atoms. The summed E-state index contributed by atoms with van der Waals surface area (Å²) in [7, 11) is -6.31. The van der Waals surface area contributed by atoms with Crippen molar-refractivity contribution in [2.24, 2.45) is 0 Å². The molecule has 0 aliphatic heterocycles. The second kappa shape index (κ2) is 15.6. The number of nitrogens with one attached hydrogen (secondary N) is 1. The fourth-order valence-corrected chi connectivity index (χ4v) is 6.67. The van der Waals surface area contributed by atoms with Gasteiger partial charge in [-0.25, -0.2) is 0 Å². The molecule has 0 aromatic heterocycles. The Kier molecular flexibility index (Phi) is 14.1. The van der Waals surface area contributed by atoms with Gasteiger partial charge in [-0.1, -0.05) is 49.6 Å². The summed E-state index contributed by atoms with van der Waals surface area (Å²) in [4.78, 5) is 11.9. The molecule has 0 saturated heterocycles. The molecule has 0 saturated carbocycles. The normalized spacial score (nSPS) is 12.2. The first-order valence-corrected chi connectivity index (χ1v) is 14.5. The summed E-state index contributed by atoms with van der Waals surface area (Å²) in [6.45, 7) is 7.31. The van der Waals surface area contributed by atoms with E-state index in [1.54, 1.807) is 30.3 Å². The van der Waals surface area contributed by atoms with Crippen LogP contribution in [0.3, 0.4) is 0 Å². The van der Waals surface area contributed by atoms with Gasteiger partial charge in [0.2, 0.25) is 0 Å². The van der Waals surface area contributed by atoms with Crippen LogP contribution in [0.15, 0.2) is 30.3 Å². The van der Waals surface area contributed by atoms with Crippen molar-refractivity contribution in [3.8, 4) is 0 Å². The Balaban J connectivity index is 2.21. The maximum absolute atomic E-state index is 11.9. The molecule has 0 atom stereocenters. The van der Waals surface area contributed by atoms with Crippen molar-refractivity contribution in [3.05, 3.63) is 35.9 Å².